The maximum atomic E-state index is 10.7. The van der Waals surface area contributed by atoms with Crippen LogP contribution in [0.5, 0.6) is 0 Å². The molecule has 2 N–H and O–H groups in total. The highest BCUT2D eigenvalue weighted by Gasteiger charge is 2.08. The number of nitrogens with one attached hydrogen (secondary N) is 2. The highest BCUT2D eigenvalue weighted by Crippen LogP contribution is 2.13. The fourth-order valence-corrected chi connectivity index (χ4v) is 2.65. The van der Waals surface area contributed by atoms with Crippen molar-refractivity contribution in [3.63, 3.8) is 0 Å². The first-order chi connectivity index (χ1) is 12.6. The van der Waals surface area contributed by atoms with E-state index in [2.05, 4.69) is 40.9 Å². The number of rotatable bonds is 8. The van der Waals surface area contributed by atoms with Gasteiger partial charge < -0.3 is 10.6 Å². The molecule has 0 fully saturated rings. The van der Waals surface area contributed by atoms with Crippen molar-refractivity contribution in [3.8, 4) is 0 Å². The molecule has 0 spiro atoms. The van der Waals surface area contributed by atoms with Crippen LogP contribution in [0.4, 0.5) is 5.69 Å². The van der Waals surface area contributed by atoms with Crippen molar-refractivity contribution in [1.29, 1.82) is 0 Å². The fourth-order valence-electron chi connectivity index (χ4n) is 2.35. The van der Waals surface area contributed by atoms with Crippen LogP contribution in [0.25, 0.3) is 0 Å². The second-order valence-electron chi connectivity index (χ2n) is 5.78. The summed E-state index contributed by atoms with van der Waals surface area (Å²) < 4.78 is 0. The first kappa shape index (κ1) is 23.2. The van der Waals surface area contributed by atoms with Gasteiger partial charge >= 0.3 is 0 Å². The Bertz CT molecular complexity index is 726. The molecule has 0 bridgehead atoms. The summed E-state index contributed by atoms with van der Waals surface area (Å²) in [4.78, 5) is 15.0. The molecule has 0 radical (unpaired) electrons. The molecule has 2 aromatic rings. The molecule has 0 aliphatic rings. The Balaban J connectivity index is 0.00000364. The van der Waals surface area contributed by atoms with E-state index in [9.17, 15) is 10.1 Å². The number of nitro groups is 1. The number of halogens is 1. The average molecular weight is 500 g/mol. The number of hydrogen-bond donors (Lipinski definition) is 2. The molecule has 2 aromatic carbocycles. The van der Waals surface area contributed by atoms with Crippen LogP contribution in [-0.2, 0) is 6.54 Å². The van der Waals surface area contributed by atoms with E-state index < -0.39 is 4.92 Å². The van der Waals surface area contributed by atoms with Crippen LogP contribution in [0.3, 0.4) is 0 Å². The Kier molecular flexibility index (Phi) is 10.8. The molecule has 1 unspecified atom stereocenters. The van der Waals surface area contributed by atoms with Crippen LogP contribution in [0.1, 0.15) is 24.1 Å². The van der Waals surface area contributed by atoms with Crippen LogP contribution in [0.2, 0.25) is 0 Å². The van der Waals surface area contributed by atoms with E-state index in [1.54, 1.807) is 23.9 Å². The van der Waals surface area contributed by atoms with Gasteiger partial charge in [0.1, 0.15) is 0 Å². The van der Waals surface area contributed by atoms with E-state index >= 15 is 0 Å². The predicted molar refractivity (Wildman–Crippen MR) is 124 cm³/mol. The Morgan fingerprint density at radius 3 is 2.44 bits per heavy atom. The second-order valence-corrected chi connectivity index (χ2v) is 6.77. The van der Waals surface area contributed by atoms with Crippen LogP contribution in [-0.4, -0.2) is 29.4 Å². The summed E-state index contributed by atoms with van der Waals surface area (Å²) in [7, 11) is 0. The van der Waals surface area contributed by atoms with Crippen LogP contribution in [0, 0.1) is 10.1 Å². The molecular formula is C19H25IN4O2S. The maximum absolute atomic E-state index is 10.7. The molecule has 146 valence electrons. The number of guanidine groups is 1. The number of non-ortho nitro benzene ring substituents is 1. The van der Waals surface area contributed by atoms with Crippen molar-refractivity contribution < 1.29 is 4.92 Å². The zero-order chi connectivity index (χ0) is 18.8. The maximum Gasteiger partial charge on any atom is 0.269 e. The number of thioether (sulfide) groups is 1. The lowest BCUT2D eigenvalue weighted by molar-refractivity contribution is -0.384. The Labute approximate surface area is 181 Å². The highest BCUT2D eigenvalue weighted by molar-refractivity contribution is 14.0. The Hall–Kier alpha value is -1.81. The van der Waals surface area contributed by atoms with E-state index in [-0.39, 0.29) is 35.7 Å². The van der Waals surface area contributed by atoms with Gasteiger partial charge in [0, 0.05) is 24.4 Å². The number of nitro benzene ring substituents is 1. The summed E-state index contributed by atoms with van der Waals surface area (Å²) in [6, 6.07) is 16.8. The van der Waals surface area contributed by atoms with Gasteiger partial charge in [-0.25, -0.2) is 4.99 Å². The zero-order valence-corrected chi connectivity index (χ0v) is 18.6. The number of hydrogen-bond acceptors (Lipinski definition) is 4. The molecule has 6 nitrogen and oxygen atoms in total. The highest BCUT2D eigenvalue weighted by atomic mass is 127. The third-order valence-corrected chi connectivity index (χ3v) is 4.43. The molecule has 1 atom stereocenters. The fraction of sp³-hybridized carbons (Fsp3) is 0.316. The minimum absolute atomic E-state index is 0. The van der Waals surface area contributed by atoms with Crippen molar-refractivity contribution in [3.05, 3.63) is 75.8 Å². The number of benzene rings is 2. The third kappa shape index (κ3) is 8.17. The summed E-state index contributed by atoms with van der Waals surface area (Å²) in [6.45, 7) is 3.36. The lowest BCUT2D eigenvalue weighted by atomic mass is 10.1. The monoisotopic (exact) mass is 500 g/mol. The first-order valence-electron chi connectivity index (χ1n) is 8.42. The SMILES string of the molecule is CSCCNC(=NCc1ccc([N+](=O)[O-])cc1)NC(C)c1ccccc1.I. The summed E-state index contributed by atoms with van der Waals surface area (Å²) in [6.07, 6.45) is 2.06. The molecule has 0 saturated heterocycles. The van der Waals surface area contributed by atoms with Gasteiger partial charge in [-0.3, -0.25) is 10.1 Å². The molecule has 0 saturated carbocycles. The molecule has 0 heterocycles. The average Bonchev–Trinajstić information content (AvgIpc) is 2.67. The van der Waals surface area contributed by atoms with Gasteiger partial charge in [-0.15, -0.1) is 24.0 Å². The van der Waals surface area contributed by atoms with Crippen molar-refractivity contribution >= 4 is 47.4 Å². The van der Waals surface area contributed by atoms with E-state index in [0.717, 1.165) is 23.8 Å². The topological polar surface area (TPSA) is 79.6 Å². The smallest absolute Gasteiger partial charge is 0.269 e. The lowest BCUT2D eigenvalue weighted by Gasteiger charge is -2.18. The zero-order valence-electron chi connectivity index (χ0n) is 15.4. The van der Waals surface area contributed by atoms with Crippen LogP contribution >= 0.6 is 35.7 Å². The van der Waals surface area contributed by atoms with E-state index in [4.69, 9.17) is 0 Å². The van der Waals surface area contributed by atoms with E-state index in [1.165, 1.54) is 17.7 Å². The number of aliphatic imine (C=N–C) groups is 1. The molecular weight excluding hydrogens is 475 g/mol. The lowest BCUT2D eigenvalue weighted by Crippen LogP contribution is -2.39. The molecule has 0 aliphatic heterocycles. The van der Waals surface area contributed by atoms with E-state index in [1.807, 2.05) is 18.2 Å². The van der Waals surface area contributed by atoms with Crippen molar-refractivity contribution in [2.24, 2.45) is 4.99 Å². The van der Waals surface area contributed by atoms with Gasteiger partial charge in [-0.2, -0.15) is 11.8 Å². The third-order valence-electron chi connectivity index (χ3n) is 3.82. The largest absolute Gasteiger partial charge is 0.356 e. The molecule has 27 heavy (non-hydrogen) atoms. The normalized spacial score (nSPS) is 12.0. The summed E-state index contributed by atoms with van der Waals surface area (Å²) >= 11 is 1.77. The number of nitrogens with zero attached hydrogens (tertiary/aromatic N) is 2. The predicted octanol–water partition coefficient (Wildman–Crippen LogP) is 4.37. The summed E-state index contributed by atoms with van der Waals surface area (Å²) in [5, 5.41) is 17.5. The standard InChI is InChI=1S/C19H24N4O2S.HI/c1-15(17-6-4-3-5-7-17)22-19(20-12-13-26-2)21-14-16-8-10-18(11-9-16)23(24)25;/h3-11,15H,12-14H2,1-2H3,(H2,20,21,22);1H. The van der Waals surface area contributed by atoms with Crippen molar-refractivity contribution in [1.82, 2.24) is 10.6 Å². The van der Waals surface area contributed by atoms with Gasteiger partial charge in [0.15, 0.2) is 5.96 Å². The van der Waals surface area contributed by atoms with Gasteiger partial charge in [-0.05, 0) is 24.3 Å². The Morgan fingerprint density at radius 1 is 1.19 bits per heavy atom. The molecule has 0 aromatic heterocycles. The first-order valence-corrected chi connectivity index (χ1v) is 9.81. The van der Waals surface area contributed by atoms with Gasteiger partial charge in [-0.1, -0.05) is 42.5 Å². The molecule has 0 amide bonds. The minimum atomic E-state index is -0.397. The summed E-state index contributed by atoms with van der Waals surface area (Å²) in [5.74, 6) is 1.71. The quantitative estimate of drug-likeness (QED) is 0.141. The van der Waals surface area contributed by atoms with Gasteiger partial charge in [0.05, 0.1) is 17.5 Å². The van der Waals surface area contributed by atoms with Gasteiger partial charge in [0.25, 0.3) is 5.69 Å². The van der Waals surface area contributed by atoms with Gasteiger partial charge in [0.2, 0.25) is 0 Å². The van der Waals surface area contributed by atoms with Crippen LogP contribution in [0.15, 0.2) is 59.6 Å². The molecule has 0 aliphatic carbocycles. The molecule has 8 heteroatoms. The van der Waals surface area contributed by atoms with Crippen molar-refractivity contribution in [2.45, 2.75) is 19.5 Å². The van der Waals surface area contributed by atoms with Crippen molar-refractivity contribution in [2.75, 3.05) is 18.6 Å². The molecule has 2 rings (SSSR count). The van der Waals surface area contributed by atoms with E-state index in [0.29, 0.717) is 6.54 Å². The Morgan fingerprint density at radius 2 is 1.85 bits per heavy atom. The summed E-state index contributed by atoms with van der Waals surface area (Å²) in [5.41, 5.74) is 2.20. The minimum Gasteiger partial charge on any atom is -0.356 e. The van der Waals surface area contributed by atoms with Crippen LogP contribution < -0.4 is 10.6 Å². The second kappa shape index (κ2) is 12.6.